The van der Waals surface area contributed by atoms with Gasteiger partial charge in [0, 0.05) is 12.7 Å². The minimum atomic E-state index is -0.669. The summed E-state index contributed by atoms with van der Waals surface area (Å²) in [6.45, 7) is 2.51. The van der Waals surface area contributed by atoms with Crippen LogP contribution < -0.4 is 5.32 Å². The largest absolute Gasteiger partial charge is 0.505 e. The number of hydrogen-bond acceptors (Lipinski definition) is 5. The first-order valence-corrected chi connectivity index (χ1v) is 5.40. The lowest BCUT2D eigenvalue weighted by molar-refractivity contribution is -0.384. The van der Waals surface area contributed by atoms with Crippen LogP contribution in [-0.4, -0.2) is 29.2 Å². The van der Waals surface area contributed by atoms with Gasteiger partial charge in [-0.15, -0.1) is 0 Å². The van der Waals surface area contributed by atoms with E-state index in [-0.39, 0.29) is 30.2 Å². The van der Waals surface area contributed by atoms with E-state index in [2.05, 4.69) is 5.32 Å². The number of nitro benzene ring substituents is 1. The number of carbonyl (C=O) groups excluding carboxylic acids is 1. The van der Waals surface area contributed by atoms with Crippen LogP contribution >= 0.6 is 0 Å². The van der Waals surface area contributed by atoms with Gasteiger partial charge in [-0.3, -0.25) is 14.9 Å². The van der Waals surface area contributed by atoms with Gasteiger partial charge in [0.2, 0.25) is 5.91 Å². The summed E-state index contributed by atoms with van der Waals surface area (Å²) < 4.78 is 4.99. The fourth-order valence-corrected chi connectivity index (χ4v) is 1.32. The number of nitrogens with one attached hydrogen (secondary N) is 1. The Kier molecular flexibility index (Phi) is 5.06. The first-order valence-electron chi connectivity index (χ1n) is 5.40. The molecule has 0 spiro atoms. The second kappa shape index (κ2) is 6.55. The summed E-state index contributed by atoms with van der Waals surface area (Å²) in [6, 6.07) is 3.81. The van der Waals surface area contributed by atoms with E-state index in [1.807, 2.05) is 0 Å². The highest BCUT2D eigenvalue weighted by atomic mass is 16.6. The fourth-order valence-electron chi connectivity index (χ4n) is 1.32. The molecule has 0 bridgehead atoms. The van der Waals surface area contributed by atoms with Crippen LogP contribution in [0.3, 0.4) is 0 Å². The Balaban J connectivity index is 2.77. The number of amides is 1. The number of rotatable bonds is 6. The zero-order valence-corrected chi connectivity index (χ0v) is 9.88. The Bertz CT molecular complexity index is 447. The molecule has 0 aromatic heterocycles. The standard InChI is InChI=1S/C11H14N2O5/c1-2-18-7-6-10(15)12-11-8(13(16)17)4-3-5-9(11)14/h3-5,14H,2,6-7H2,1H3,(H,12,15). The average molecular weight is 254 g/mol. The molecule has 0 aliphatic carbocycles. The monoisotopic (exact) mass is 254 g/mol. The molecule has 0 heterocycles. The lowest BCUT2D eigenvalue weighted by atomic mass is 10.2. The van der Waals surface area contributed by atoms with E-state index < -0.39 is 10.8 Å². The molecule has 7 heteroatoms. The molecule has 1 aromatic rings. The molecule has 0 atom stereocenters. The highest BCUT2D eigenvalue weighted by Crippen LogP contribution is 2.32. The lowest BCUT2D eigenvalue weighted by Gasteiger charge is -2.07. The number of nitrogens with zero attached hydrogens (tertiary/aromatic N) is 1. The summed E-state index contributed by atoms with van der Waals surface area (Å²) in [6.07, 6.45) is 0.0688. The molecule has 18 heavy (non-hydrogen) atoms. The Hall–Kier alpha value is -2.15. The molecule has 2 N–H and O–H groups in total. The Labute approximate surface area is 104 Å². The van der Waals surface area contributed by atoms with Crippen LogP contribution in [-0.2, 0) is 9.53 Å². The molecular weight excluding hydrogens is 240 g/mol. The summed E-state index contributed by atoms with van der Waals surface area (Å²) >= 11 is 0. The maximum atomic E-state index is 11.5. The molecular formula is C11H14N2O5. The van der Waals surface area contributed by atoms with Crippen molar-refractivity contribution in [2.24, 2.45) is 0 Å². The van der Waals surface area contributed by atoms with Crippen molar-refractivity contribution < 1.29 is 19.6 Å². The van der Waals surface area contributed by atoms with E-state index in [9.17, 15) is 20.0 Å². The summed E-state index contributed by atoms with van der Waals surface area (Å²) in [5.74, 6) is -0.790. The van der Waals surface area contributed by atoms with Gasteiger partial charge in [-0.1, -0.05) is 6.07 Å². The second-order valence-corrected chi connectivity index (χ2v) is 3.42. The minimum absolute atomic E-state index is 0.0688. The van der Waals surface area contributed by atoms with Gasteiger partial charge in [0.1, 0.15) is 5.75 Å². The third-order valence-corrected chi connectivity index (χ3v) is 2.16. The Morgan fingerprint density at radius 1 is 1.56 bits per heavy atom. The normalized spacial score (nSPS) is 10.1. The first kappa shape index (κ1) is 13.9. The van der Waals surface area contributed by atoms with Crippen molar-refractivity contribution in [2.45, 2.75) is 13.3 Å². The molecule has 0 saturated carbocycles. The first-order chi connectivity index (χ1) is 8.56. The number of phenolic OH excluding ortho intramolecular Hbond substituents is 1. The van der Waals surface area contributed by atoms with Gasteiger partial charge < -0.3 is 15.2 Å². The number of anilines is 1. The average Bonchev–Trinajstić information content (AvgIpc) is 2.31. The molecule has 0 fully saturated rings. The van der Waals surface area contributed by atoms with E-state index in [0.29, 0.717) is 6.61 Å². The van der Waals surface area contributed by atoms with E-state index >= 15 is 0 Å². The highest BCUT2D eigenvalue weighted by molar-refractivity contribution is 5.95. The number of ether oxygens (including phenoxy) is 1. The number of benzene rings is 1. The summed E-state index contributed by atoms with van der Waals surface area (Å²) in [5.41, 5.74) is -0.538. The number of hydrogen-bond donors (Lipinski definition) is 2. The van der Waals surface area contributed by atoms with Crippen LogP contribution in [0.15, 0.2) is 18.2 Å². The van der Waals surface area contributed by atoms with Crippen molar-refractivity contribution in [1.29, 1.82) is 0 Å². The predicted octanol–water partition coefficient (Wildman–Crippen LogP) is 1.67. The SMILES string of the molecule is CCOCCC(=O)Nc1c(O)cccc1[N+](=O)[O-]. The fraction of sp³-hybridized carbons (Fsp3) is 0.364. The quantitative estimate of drug-likeness (QED) is 0.348. The summed E-state index contributed by atoms with van der Waals surface area (Å²) in [5, 5.41) is 22.6. The van der Waals surface area contributed by atoms with E-state index in [4.69, 9.17) is 4.74 Å². The smallest absolute Gasteiger partial charge is 0.296 e. The van der Waals surface area contributed by atoms with Gasteiger partial charge in [-0.05, 0) is 13.0 Å². The lowest BCUT2D eigenvalue weighted by Crippen LogP contribution is -2.15. The molecule has 1 aromatic carbocycles. The van der Waals surface area contributed by atoms with Crippen molar-refractivity contribution in [2.75, 3.05) is 18.5 Å². The number of carbonyl (C=O) groups is 1. The molecule has 7 nitrogen and oxygen atoms in total. The maximum absolute atomic E-state index is 11.5. The van der Waals surface area contributed by atoms with Gasteiger partial charge in [0.25, 0.3) is 5.69 Å². The summed E-state index contributed by atoms with van der Waals surface area (Å²) in [4.78, 5) is 21.6. The van der Waals surface area contributed by atoms with E-state index in [0.717, 1.165) is 0 Å². The van der Waals surface area contributed by atoms with Crippen LogP contribution in [0, 0.1) is 10.1 Å². The predicted molar refractivity (Wildman–Crippen MR) is 64.5 cm³/mol. The number of para-hydroxylation sites is 1. The van der Waals surface area contributed by atoms with Crippen LogP contribution in [0.5, 0.6) is 5.75 Å². The van der Waals surface area contributed by atoms with Crippen LogP contribution in [0.4, 0.5) is 11.4 Å². The third-order valence-electron chi connectivity index (χ3n) is 2.16. The molecule has 0 aliphatic heterocycles. The summed E-state index contributed by atoms with van der Waals surface area (Å²) in [7, 11) is 0. The number of nitro groups is 1. The molecule has 98 valence electrons. The molecule has 0 aliphatic rings. The third kappa shape index (κ3) is 3.70. The van der Waals surface area contributed by atoms with Gasteiger partial charge >= 0.3 is 0 Å². The highest BCUT2D eigenvalue weighted by Gasteiger charge is 2.19. The van der Waals surface area contributed by atoms with Gasteiger partial charge in [0.05, 0.1) is 18.0 Å². The Morgan fingerprint density at radius 3 is 2.89 bits per heavy atom. The molecule has 1 amide bonds. The molecule has 0 saturated heterocycles. The number of aromatic hydroxyl groups is 1. The zero-order valence-electron chi connectivity index (χ0n) is 9.88. The van der Waals surface area contributed by atoms with Gasteiger partial charge in [-0.25, -0.2) is 0 Å². The van der Waals surface area contributed by atoms with Crippen LogP contribution in [0.25, 0.3) is 0 Å². The van der Waals surface area contributed by atoms with Crippen molar-refractivity contribution in [3.63, 3.8) is 0 Å². The van der Waals surface area contributed by atoms with E-state index in [1.54, 1.807) is 6.92 Å². The second-order valence-electron chi connectivity index (χ2n) is 3.42. The molecule has 0 radical (unpaired) electrons. The van der Waals surface area contributed by atoms with Gasteiger partial charge in [0.15, 0.2) is 5.69 Å². The zero-order chi connectivity index (χ0) is 13.5. The molecule has 1 rings (SSSR count). The van der Waals surface area contributed by atoms with Crippen molar-refractivity contribution in [3.05, 3.63) is 28.3 Å². The molecule has 0 unspecified atom stereocenters. The minimum Gasteiger partial charge on any atom is -0.505 e. The van der Waals surface area contributed by atoms with Crippen molar-refractivity contribution in [3.8, 4) is 5.75 Å². The Morgan fingerprint density at radius 2 is 2.28 bits per heavy atom. The topological polar surface area (TPSA) is 102 Å². The van der Waals surface area contributed by atoms with E-state index in [1.165, 1.54) is 18.2 Å². The van der Waals surface area contributed by atoms with Crippen molar-refractivity contribution in [1.82, 2.24) is 0 Å². The van der Waals surface area contributed by atoms with Crippen LogP contribution in [0.1, 0.15) is 13.3 Å². The number of phenols is 1. The maximum Gasteiger partial charge on any atom is 0.296 e. The van der Waals surface area contributed by atoms with Crippen LogP contribution in [0.2, 0.25) is 0 Å². The van der Waals surface area contributed by atoms with Gasteiger partial charge in [-0.2, -0.15) is 0 Å². The van der Waals surface area contributed by atoms with Crippen molar-refractivity contribution >= 4 is 17.3 Å².